The molecule has 28 heavy (non-hydrogen) atoms. The molecule has 0 N–H and O–H groups in total. The minimum absolute atomic E-state index is 0.125. The summed E-state index contributed by atoms with van der Waals surface area (Å²) in [5.74, 6) is -1.03. The first-order valence-electron chi connectivity index (χ1n) is 8.94. The number of benzene rings is 1. The highest BCUT2D eigenvalue weighted by atomic mass is 16.5. The van der Waals surface area contributed by atoms with E-state index < -0.39 is 17.4 Å². The molecule has 2 heterocycles. The molecule has 1 aliphatic carbocycles. The van der Waals surface area contributed by atoms with E-state index in [1.165, 1.54) is 14.2 Å². The second kappa shape index (κ2) is 6.41. The molecule has 0 saturated carbocycles. The lowest BCUT2D eigenvalue weighted by Gasteiger charge is -2.38. The Kier molecular flexibility index (Phi) is 4.14. The lowest BCUT2D eigenvalue weighted by atomic mass is 9.65. The third-order valence-electron chi connectivity index (χ3n) is 5.76. The number of methoxy groups -OCH3 is 2. The third-order valence-corrected chi connectivity index (χ3v) is 5.76. The Balaban J connectivity index is 2.09. The number of esters is 2. The van der Waals surface area contributed by atoms with E-state index in [0.717, 1.165) is 22.2 Å². The largest absolute Gasteiger partial charge is 0.469 e. The lowest BCUT2D eigenvalue weighted by molar-refractivity contribution is -0.165. The van der Waals surface area contributed by atoms with Gasteiger partial charge in [0.1, 0.15) is 5.76 Å². The average molecular weight is 379 g/mol. The highest BCUT2D eigenvalue weighted by Gasteiger charge is 2.57. The maximum Gasteiger partial charge on any atom is 0.327 e. The summed E-state index contributed by atoms with van der Waals surface area (Å²) in [6, 6.07) is 11.6. The number of fused-ring (bicyclic) bond motifs is 3. The summed E-state index contributed by atoms with van der Waals surface area (Å²) in [7, 11) is 4.43. The molecular formula is C22H21NO5. The third kappa shape index (κ3) is 2.21. The van der Waals surface area contributed by atoms with Crippen LogP contribution in [0.5, 0.6) is 0 Å². The van der Waals surface area contributed by atoms with E-state index in [-0.39, 0.29) is 12.3 Å². The molecule has 0 unspecified atom stereocenters. The smallest absolute Gasteiger partial charge is 0.327 e. The van der Waals surface area contributed by atoms with Crippen molar-refractivity contribution in [3.8, 4) is 0 Å². The van der Waals surface area contributed by atoms with E-state index in [4.69, 9.17) is 13.9 Å². The molecular weight excluding hydrogens is 358 g/mol. The predicted octanol–water partition coefficient (Wildman–Crippen LogP) is 3.65. The molecule has 1 aliphatic rings. The number of hydrogen-bond acceptors (Lipinski definition) is 5. The van der Waals surface area contributed by atoms with Gasteiger partial charge in [0.15, 0.2) is 5.41 Å². The Morgan fingerprint density at radius 1 is 1.14 bits per heavy atom. The topological polar surface area (TPSA) is 70.7 Å². The second-order valence-corrected chi connectivity index (χ2v) is 6.98. The maximum absolute atomic E-state index is 12.9. The molecule has 6 nitrogen and oxygen atoms in total. The number of aryl methyl sites for hydroxylation is 1. The van der Waals surface area contributed by atoms with Gasteiger partial charge in [0, 0.05) is 29.6 Å². The summed E-state index contributed by atoms with van der Waals surface area (Å²) in [5, 5.41) is 1.03. The van der Waals surface area contributed by atoms with Crippen molar-refractivity contribution in [3.05, 3.63) is 66.3 Å². The minimum Gasteiger partial charge on any atom is -0.469 e. The minimum atomic E-state index is -1.64. The molecule has 0 amide bonds. The zero-order valence-electron chi connectivity index (χ0n) is 16.0. The van der Waals surface area contributed by atoms with E-state index in [1.54, 1.807) is 12.3 Å². The van der Waals surface area contributed by atoms with E-state index >= 15 is 0 Å². The number of nitrogens with zero attached hydrogens (tertiary/aromatic N) is 1. The fraction of sp³-hybridized carbons (Fsp3) is 0.273. The predicted molar refractivity (Wildman–Crippen MR) is 104 cm³/mol. The Bertz CT molecular complexity index is 1070. The van der Waals surface area contributed by atoms with Crippen LogP contribution in [0.3, 0.4) is 0 Å². The van der Waals surface area contributed by atoms with Gasteiger partial charge in [-0.25, -0.2) is 0 Å². The molecule has 0 aliphatic heterocycles. The number of ether oxygens (including phenoxy) is 2. The van der Waals surface area contributed by atoms with Crippen LogP contribution in [0.1, 0.15) is 29.4 Å². The van der Waals surface area contributed by atoms with Gasteiger partial charge in [-0.1, -0.05) is 24.8 Å². The Labute approximate surface area is 162 Å². The maximum atomic E-state index is 12.9. The first-order valence-corrected chi connectivity index (χ1v) is 8.94. The van der Waals surface area contributed by atoms with Gasteiger partial charge in [-0.3, -0.25) is 9.59 Å². The summed E-state index contributed by atoms with van der Waals surface area (Å²) in [6.07, 6.45) is 1.71. The van der Waals surface area contributed by atoms with Gasteiger partial charge < -0.3 is 18.5 Å². The number of para-hydroxylation sites is 1. The molecule has 4 rings (SSSR count). The fourth-order valence-corrected chi connectivity index (χ4v) is 4.45. The number of furan rings is 1. The molecule has 3 aromatic rings. The van der Waals surface area contributed by atoms with Gasteiger partial charge in [0.25, 0.3) is 0 Å². The summed E-state index contributed by atoms with van der Waals surface area (Å²) in [4.78, 5) is 25.9. The fourth-order valence-electron chi connectivity index (χ4n) is 4.45. The van der Waals surface area contributed by atoms with Gasteiger partial charge in [-0.15, -0.1) is 0 Å². The number of rotatable bonds is 3. The van der Waals surface area contributed by atoms with E-state index in [1.807, 2.05) is 41.9 Å². The van der Waals surface area contributed by atoms with Gasteiger partial charge >= 0.3 is 11.9 Å². The van der Waals surface area contributed by atoms with Gasteiger partial charge in [-0.05, 0) is 35.8 Å². The molecule has 144 valence electrons. The number of hydrogen-bond donors (Lipinski definition) is 0. The van der Waals surface area contributed by atoms with Gasteiger partial charge in [0.05, 0.1) is 20.5 Å². The molecule has 1 atom stereocenters. The number of carbonyl (C=O) groups is 2. The van der Waals surface area contributed by atoms with Crippen LogP contribution in [0.15, 0.2) is 53.7 Å². The summed E-state index contributed by atoms with van der Waals surface area (Å²) in [6.45, 7) is 4.17. The van der Waals surface area contributed by atoms with Crippen molar-refractivity contribution >= 4 is 28.4 Å². The van der Waals surface area contributed by atoms with Crippen LogP contribution >= 0.6 is 0 Å². The normalized spacial score (nSPS) is 18.0. The van der Waals surface area contributed by atoms with Crippen molar-refractivity contribution < 1.29 is 23.5 Å². The van der Waals surface area contributed by atoms with E-state index in [2.05, 4.69) is 6.58 Å². The SMILES string of the molecule is C=C1c2c(c3ccccc3n2C)[C@H](c2ccco2)CC1(C(=O)OC)C(=O)OC. The molecule has 0 radical (unpaired) electrons. The summed E-state index contributed by atoms with van der Waals surface area (Å²) < 4.78 is 17.7. The van der Waals surface area contributed by atoms with Crippen LogP contribution in [0.2, 0.25) is 0 Å². The monoisotopic (exact) mass is 379 g/mol. The van der Waals surface area contributed by atoms with Crippen molar-refractivity contribution in [2.75, 3.05) is 14.2 Å². The Morgan fingerprint density at radius 3 is 2.43 bits per heavy atom. The molecule has 0 spiro atoms. The summed E-state index contributed by atoms with van der Waals surface area (Å²) >= 11 is 0. The van der Waals surface area contributed by atoms with Crippen LogP contribution in [-0.4, -0.2) is 30.7 Å². The zero-order chi connectivity index (χ0) is 20.1. The van der Waals surface area contributed by atoms with Crippen LogP contribution in [0.25, 0.3) is 16.5 Å². The lowest BCUT2D eigenvalue weighted by Crippen LogP contribution is -2.46. The van der Waals surface area contributed by atoms with Crippen LogP contribution in [0.4, 0.5) is 0 Å². The van der Waals surface area contributed by atoms with Crippen LogP contribution in [0, 0.1) is 5.41 Å². The quantitative estimate of drug-likeness (QED) is 0.513. The molecule has 6 heteroatoms. The van der Waals surface area contributed by atoms with Crippen molar-refractivity contribution in [2.45, 2.75) is 12.3 Å². The van der Waals surface area contributed by atoms with E-state index in [0.29, 0.717) is 11.3 Å². The van der Waals surface area contributed by atoms with Crippen LogP contribution in [-0.2, 0) is 26.1 Å². The number of carbonyl (C=O) groups excluding carboxylic acids is 2. The molecule has 1 aromatic carbocycles. The van der Waals surface area contributed by atoms with Crippen molar-refractivity contribution in [3.63, 3.8) is 0 Å². The van der Waals surface area contributed by atoms with Crippen molar-refractivity contribution in [2.24, 2.45) is 12.5 Å². The number of aromatic nitrogens is 1. The molecule has 0 bridgehead atoms. The summed E-state index contributed by atoms with van der Waals surface area (Å²) in [5.41, 5.74) is 1.43. The first-order chi connectivity index (χ1) is 13.5. The van der Waals surface area contributed by atoms with E-state index in [9.17, 15) is 9.59 Å². The standard InChI is InChI=1S/C22H21NO5/c1-13-19-18(14-8-5-6-9-16(14)23(19)2)15(17-10-7-11-28-17)12-22(13,20(24)26-3)21(25)27-4/h5-11,15H,1,12H2,2-4H3/t15-/m0/s1. The van der Waals surface area contributed by atoms with Crippen molar-refractivity contribution in [1.29, 1.82) is 0 Å². The highest BCUT2D eigenvalue weighted by Crippen LogP contribution is 2.55. The Hall–Kier alpha value is -3.28. The van der Waals surface area contributed by atoms with Crippen molar-refractivity contribution in [1.82, 2.24) is 4.57 Å². The molecule has 2 aromatic heterocycles. The molecule has 0 fully saturated rings. The first kappa shape index (κ1) is 18.1. The highest BCUT2D eigenvalue weighted by molar-refractivity contribution is 6.14. The molecule has 0 saturated heterocycles. The average Bonchev–Trinajstić information content (AvgIpc) is 3.35. The second-order valence-electron chi connectivity index (χ2n) is 6.98. The van der Waals surface area contributed by atoms with Gasteiger partial charge in [0.2, 0.25) is 0 Å². The zero-order valence-corrected chi connectivity index (χ0v) is 16.0. The van der Waals surface area contributed by atoms with Gasteiger partial charge in [-0.2, -0.15) is 0 Å². The van der Waals surface area contributed by atoms with Crippen LogP contribution < -0.4 is 0 Å². The Morgan fingerprint density at radius 2 is 1.82 bits per heavy atom.